The van der Waals surface area contributed by atoms with E-state index in [4.69, 9.17) is 12.2 Å². The second-order valence-corrected chi connectivity index (χ2v) is 4.11. The van der Waals surface area contributed by atoms with Crippen molar-refractivity contribution in [2.24, 2.45) is 0 Å². The van der Waals surface area contributed by atoms with Crippen molar-refractivity contribution in [2.45, 2.75) is 13.3 Å². The molecule has 0 aliphatic carbocycles. The van der Waals surface area contributed by atoms with Crippen molar-refractivity contribution in [3.05, 3.63) is 35.8 Å². The monoisotopic (exact) mass is 247 g/mol. The molecule has 1 fully saturated rings. The van der Waals surface area contributed by atoms with E-state index in [1.165, 1.54) is 0 Å². The van der Waals surface area contributed by atoms with Crippen LogP contribution in [0.5, 0.6) is 0 Å². The average molecular weight is 247 g/mol. The predicted octanol–water partition coefficient (Wildman–Crippen LogP) is 1.55. The number of hydrogen-bond donors (Lipinski definition) is 1. The maximum atomic E-state index is 11.8. The first-order valence-corrected chi connectivity index (χ1v) is 5.87. The minimum atomic E-state index is -0.139. The second-order valence-electron chi connectivity index (χ2n) is 3.72. The number of carbonyl (C=O) groups is 1. The molecule has 4 nitrogen and oxygen atoms in total. The van der Waals surface area contributed by atoms with Gasteiger partial charge in [-0.15, -0.1) is 0 Å². The Morgan fingerprint density at radius 2 is 2.18 bits per heavy atom. The van der Waals surface area contributed by atoms with E-state index in [1.807, 2.05) is 23.1 Å². The first kappa shape index (κ1) is 11.7. The lowest BCUT2D eigenvalue weighted by atomic mass is 10.2. The van der Waals surface area contributed by atoms with E-state index in [0.29, 0.717) is 10.8 Å². The number of nitrogens with zero attached hydrogens (tertiary/aromatic N) is 2. The van der Waals surface area contributed by atoms with Gasteiger partial charge in [-0.25, -0.2) is 0 Å². The molecule has 1 aromatic rings. The minimum absolute atomic E-state index is 0.139. The number of amides is 1. The Morgan fingerprint density at radius 1 is 1.47 bits per heavy atom. The zero-order chi connectivity index (χ0) is 12.3. The summed E-state index contributed by atoms with van der Waals surface area (Å²) in [5.74, 6) is -0.139. The summed E-state index contributed by atoms with van der Waals surface area (Å²) < 4.78 is 0. The second kappa shape index (κ2) is 5.05. The average Bonchev–Trinajstić information content (AvgIpc) is 2.58. The summed E-state index contributed by atoms with van der Waals surface area (Å²) in [4.78, 5) is 17.5. The van der Waals surface area contributed by atoms with Gasteiger partial charge >= 0.3 is 0 Å². The molecular weight excluding hydrogens is 234 g/mol. The smallest absolute Gasteiger partial charge is 0.274 e. The molecule has 1 amide bonds. The Hall–Kier alpha value is -1.75. The normalized spacial score (nSPS) is 17.7. The highest BCUT2D eigenvalue weighted by Gasteiger charge is 2.28. The molecule has 0 spiro atoms. The van der Waals surface area contributed by atoms with E-state index in [0.717, 1.165) is 18.5 Å². The molecule has 1 aromatic heterocycles. The van der Waals surface area contributed by atoms with Crippen LogP contribution in [0.3, 0.4) is 0 Å². The maximum absolute atomic E-state index is 11.8. The van der Waals surface area contributed by atoms with Crippen LogP contribution in [0.25, 0.3) is 6.08 Å². The molecule has 0 unspecified atom stereocenters. The van der Waals surface area contributed by atoms with Gasteiger partial charge in [0.15, 0.2) is 5.11 Å². The van der Waals surface area contributed by atoms with Gasteiger partial charge in [0.25, 0.3) is 5.91 Å². The lowest BCUT2D eigenvalue weighted by Gasteiger charge is -2.15. The predicted molar refractivity (Wildman–Crippen MR) is 70.0 cm³/mol. The van der Waals surface area contributed by atoms with Crippen molar-refractivity contribution in [3.8, 4) is 0 Å². The number of nitrogens with one attached hydrogen (secondary N) is 1. The van der Waals surface area contributed by atoms with E-state index >= 15 is 0 Å². The highest BCUT2D eigenvalue weighted by molar-refractivity contribution is 7.80. The summed E-state index contributed by atoms with van der Waals surface area (Å²) in [7, 11) is 0. The molecule has 5 heteroatoms. The molecule has 88 valence electrons. The van der Waals surface area contributed by atoms with Crippen molar-refractivity contribution < 1.29 is 4.79 Å². The Labute approximate surface area is 105 Å². The molecule has 2 heterocycles. The number of carbonyl (C=O) groups excluding carboxylic acids is 1. The van der Waals surface area contributed by atoms with Gasteiger partial charge < -0.3 is 4.90 Å². The van der Waals surface area contributed by atoms with Crippen LogP contribution >= 0.6 is 12.2 Å². The summed E-state index contributed by atoms with van der Waals surface area (Å²) in [6, 6.07) is 3.71. The fraction of sp³-hybridized carbons (Fsp3) is 0.250. The molecule has 1 aliphatic rings. The van der Waals surface area contributed by atoms with Crippen LogP contribution < -0.4 is 5.32 Å². The molecule has 1 aliphatic heterocycles. The highest BCUT2D eigenvalue weighted by atomic mass is 32.1. The molecule has 2 rings (SSSR count). The standard InChI is InChI=1S/C12H13N3OS/c1-2-7-15-10(11(16)14-12(15)17)8-9-3-5-13-6-4-9/h3-6,8H,2,7H2,1H3,(H,14,16,17)/b10-8+. The van der Waals surface area contributed by atoms with Gasteiger partial charge in [-0.2, -0.15) is 0 Å². The number of hydrogen-bond acceptors (Lipinski definition) is 3. The van der Waals surface area contributed by atoms with Crippen LogP contribution in [-0.2, 0) is 4.79 Å². The number of pyridine rings is 1. The molecule has 0 aromatic carbocycles. The molecule has 1 N–H and O–H groups in total. The largest absolute Gasteiger partial charge is 0.314 e. The van der Waals surface area contributed by atoms with Crippen LogP contribution in [0.15, 0.2) is 30.2 Å². The van der Waals surface area contributed by atoms with Crippen LogP contribution in [0.4, 0.5) is 0 Å². The Balaban J connectivity index is 2.32. The van der Waals surface area contributed by atoms with Crippen molar-refractivity contribution in [1.82, 2.24) is 15.2 Å². The Bertz CT molecular complexity index is 470. The molecule has 0 atom stereocenters. The zero-order valence-electron chi connectivity index (χ0n) is 9.51. The molecule has 17 heavy (non-hydrogen) atoms. The topological polar surface area (TPSA) is 45.2 Å². The quantitative estimate of drug-likeness (QED) is 0.650. The summed E-state index contributed by atoms with van der Waals surface area (Å²) in [5, 5.41) is 3.14. The van der Waals surface area contributed by atoms with Gasteiger partial charge in [-0.05, 0) is 42.4 Å². The summed E-state index contributed by atoms with van der Waals surface area (Å²) >= 11 is 5.12. The molecule has 0 radical (unpaired) electrons. The molecule has 0 saturated carbocycles. The van der Waals surface area contributed by atoms with Crippen LogP contribution in [0.2, 0.25) is 0 Å². The van der Waals surface area contributed by atoms with Gasteiger partial charge in [0, 0.05) is 18.9 Å². The summed E-state index contributed by atoms with van der Waals surface area (Å²) in [6.45, 7) is 2.80. The number of aromatic nitrogens is 1. The van der Waals surface area contributed by atoms with E-state index in [1.54, 1.807) is 12.4 Å². The summed E-state index contributed by atoms with van der Waals surface area (Å²) in [5.41, 5.74) is 1.54. The third-order valence-electron chi connectivity index (χ3n) is 2.45. The SMILES string of the molecule is CCCN1C(=S)NC(=O)/C1=C\c1ccncc1. The number of rotatable bonds is 3. The summed E-state index contributed by atoms with van der Waals surface area (Å²) in [6.07, 6.45) is 6.15. The van der Waals surface area contributed by atoms with Crippen molar-refractivity contribution in [1.29, 1.82) is 0 Å². The van der Waals surface area contributed by atoms with Crippen molar-refractivity contribution >= 4 is 29.3 Å². The first-order valence-electron chi connectivity index (χ1n) is 5.47. The molecular formula is C12H13N3OS. The highest BCUT2D eigenvalue weighted by Crippen LogP contribution is 2.16. The third kappa shape index (κ3) is 2.50. The lowest BCUT2D eigenvalue weighted by Crippen LogP contribution is -2.27. The van der Waals surface area contributed by atoms with E-state index in [2.05, 4.69) is 17.2 Å². The van der Waals surface area contributed by atoms with Crippen molar-refractivity contribution in [2.75, 3.05) is 6.54 Å². The van der Waals surface area contributed by atoms with E-state index in [-0.39, 0.29) is 5.91 Å². The fourth-order valence-corrected chi connectivity index (χ4v) is 1.95. The van der Waals surface area contributed by atoms with E-state index in [9.17, 15) is 4.79 Å². The van der Waals surface area contributed by atoms with Gasteiger partial charge in [-0.1, -0.05) is 6.92 Å². The van der Waals surface area contributed by atoms with Crippen molar-refractivity contribution in [3.63, 3.8) is 0 Å². The van der Waals surface area contributed by atoms with Gasteiger partial charge in [-0.3, -0.25) is 15.1 Å². The van der Waals surface area contributed by atoms with Gasteiger partial charge in [0.05, 0.1) is 0 Å². The Morgan fingerprint density at radius 3 is 2.82 bits per heavy atom. The van der Waals surface area contributed by atoms with Crippen LogP contribution in [0.1, 0.15) is 18.9 Å². The fourth-order valence-electron chi connectivity index (χ4n) is 1.67. The third-order valence-corrected chi connectivity index (χ3v) is 2.77. The Kier molecular flexibility index (Phi) is 3.49. The minimum Gasteiger partial charge on any atom is -0.314 e. The maximum Gasteiger partial charge on any atom is 0.274 e. The van der Waals surface area contributed by atoms with Crippen LogP contribution in [-0.4, -0.2) is 27.4 Å². The zero-order valence-corrected chi connectivity index (χ0v) is 10.3. The molecule has 1 saturated heterocycles. The van der Waals surface area contributed by atoms with Gasteiger partial charge in [0.1, 0.15) is 5.70 Å². The van der Waals surface area contributed by atoms with Gasteiger partial charge in [0.2, 0.25) is 0 Å². The number of thiocarbonyl (C=S) groups is 1. The lowest BCUT2D eigenvalue weighted by molar-refractivity contribution is -0.115. The molecule has 0 bridgehead atoms. The first-order chi connectivity index (χ1) is 8.22. The van der Waals surface area contributed by atoms with Crippen LogP contribution in [0, 0.1) is 0 Å². The van der Waals surface area contributed by atoms with E-state index < -0.39 is 0 Å².